The van der Waals surface area contributed by atoms with Crippen molar-refractivity contribution in [1.29, 1.82) is 0 Å². The molecular formula is C35H48N10O6. The lowest BCUT2D eigenvalue weighted by molar-refractivity contribution is 0.210. The van der Waals surface area contributed by atoms with Gasteiger partial charge in [0.05, 0.1) is 35.5 Å². The van der Waals surface area contributed by atoms with Gasteiger partial charge in [0.2, 0.25) is 11.9 Å². The van der Waals surface area contributed by atoms with Crippen molar-refractivity contribution >= 4 is 11.9 Å². The van der Waals surface area contributed by atoms with Crippen LogP contribution in [-0.4, -0.2) is 109 Å². The topological polar surface area (TPSA) is 172 Å². The normalized spacial score (nSPS) is 15.2. The molecule has 2 aromatic carbocycles. The van der Waals surface area contributed by atoms with Gasteiger partial charge in [-0.3, -0.25) is 4.90 Å². The summed E-state index contributed by atoms with van der Waals surface area (Å²) >= 11 is 0. The molecule has 0 bridgehead atoms. The van der Waals surface area contributed by atoms with Gasteiger partial charge >= 0.3 is 24.0 Å². The summed E-state index contributed by atoms with van der Waals surface area (Å²) in [6, 6.07) is 17.9. The minimum atomic E-state index is 0.233. The number of hydrogen-bond donors (Lipinski definition) is 3. The molecule has 0 aliphatic carbocycles. The van der Waals surface area contributed by atoms with Gasteiger partial charge in [0.15, 0.2) is 11.5 Å². The van der Waals surface area contributed by atoms with Crippen LogP contribution in [0.15, 0.2) is 48.5 Å². The number of likely N-dealkylation sites (tertiary alicyclic amines) is 1. The Morgan fingerprint density at radius 1 is 0.608 bits per heavy atom. The number of piperidine rings is 2. The standard InChI is InChI=1S/C25H31N5O4.C10H17N5O2/c1-31-21-10-9-19(15-22(21)34-17-18-7-5-4-6-8-18)16-30-13-11-20(12-14-30)26-23-27-24(32-2)29-25(28-23)33-3;1-16-9-13-8(14-10(15-9)17-2)12-7-3-5-11-6-4-7/h4-10,15,20H,11-14,16-17H2,1-3H3,(H,26,27,28,29);7,11H,3-6H2,1-2H3,(H,12,13,14,15). The summed E-state index contributed by atoms with van der Waals surface area (Å²) in [5.74, 6) is 2.47. The molecule has 2 aromatic heterocycles. The second kappa shape index (κ2) is 19.2. The number of hydrogen-bond acceptors (Lipinski definition) is 16. The molecule has 0 spiro atoms. The van der Waals surface area contributed by atoms with Gasteiger partial charge in [-0.05, 0) is 62.0 Å². The summed E-state index contributed by atoms with van der Waals surface area (Å²) in [6.07, 6.45) is 4.06. The minimum absolute atomic E-state index is 0.233. The average molecular weight is 705 g/mol. The van der Waals surface area contributed by atoms with Crippen LogP contribution in [0.25, 0.3) is 0 Å². The minimum Gasteiger partial charge on any atom is -0.493 e. The van der Waals surface area contributed by atoms with Crippen molar-refractivity contribution in [3.8, 4) is 35.5 Å². The van der Waals surface area contributed by atoms with E-state index in [0.717, 1.165) is 75.5 Å². The van der Waals surface area contributed by atoms with E-state index in [1.54, 1.807) is 7.11 Å². The molecule has 2 aliphatic rings. The number of nitrogens with zero attached hydrogens (tertiary/aromatic N) is 7. The summed E-state index contributed by atoms with van der Waals surface area (Å²) in [6.45, 7) is 5.30. The Labute approximate surface area is 298 Å². The van der Waals surface area contributed by atoms with E-state index in [1.807, 2.05) is 24.3 Å². The molecule has 0 saturated carbocycles. The van der Waals surface area contributed by atoms with Gasteiger partial charge in [-0.25, -0.2) is 0 Å². The molecule has 274 valence electrons. The zero-order chi connectivity index (χ0) is 35.8. The quantitative estimate of drug-likeness (QED) is 0.174. The smallest absolute Gasteiger partial charge is 0.324 e. The monoisotopic (exact) mass is 704 g/mol. The van der Waals surface area contributed by atoms with Crippen molar-refractivity contribution in [3.63, 3.8) is 0 Å². The van der Waals surface area contributed by atoms with Crippen molar-refractivity contribution in [3.05, 3.63) is 59.7 Å². The predicted octanol–water partition coefficient (Wildman–Crippen LogP) is 3.61. The van der Waals surface area contributed by atoms with Gasteiger partial charge < -0.3 is 44.4 Å². The van der Waals surface area contributed by atoms with Crippen LogP contribution in [0.1, 0.15) is 36.8 Å². The molecule has 3 N–H and O–H groups in total. The maximum atomic E-state index is 6.07. The van der Waals surface area contributed by atoms with Crippen LogP contribution in [0.5, 0.6) is 35.5 Å². The fraction of sp³-hybridized carbons (Fsp3) is 0.486. The van der Waals surface area contributed by atoms with E-state index in [4.69, 9.17) is 28.4 Å². The van der Waals surface area contributed by atoms with E-state index < -0.39 is 0 Å². The van der Waals surface area contributed by atoms with Gasteiger partial charge in [-0.1, -0.05) is 36.4 Å². The first-order valence-electron chi connectivity index (χ1n) is 17.0. The van der Waals surface area contributed by atoms with Crippen LogP contribution in [0.2, 0.25) is 0 Å². The van der Waals surface area contributed by atoms with Crippen molar-refractivity contribution in [2.45, 2.75) is 50.9 Å². The molecule has 51 heavy (non-hydrogen) atoms. The molecule has 0 atom stereocenters. The number of anilines is 2. The molecule has 2 saturated heterocycles. The van der Waals surface area contributed by atoms with Crippen LogP contribution in [0.3, 0.4) is 0 Å². The van der Waals surface area contributed by atoms with Crippen molar-refractivity contribution in [1.82, 2.24) is 40.1 Å². The summed E-state index contributed by atoms with van der Waals surface area (Å²) in [4.78, 5) is 27.2. The molecule has 16 heteroatoms. The molecule has 0 radical (unpaired) electrons. The van der Waals surface area contributed by atoms with E-state index in [9.17, 15) is 0 Å². The maximum absolute atomic E-state index is 6.07. The highest BCUT2D eigenvalue weighted by molar-refractivity contribution is 5.43. The average Bonchev–Trinajstić information content (AvgIpc) is 3.18. The van der Waals surface area contributed by atoms with Crippen LogP contribution in [-0.2, 0) is 13.2 Å². The van der Waals surface area contributed by atoms with Crippen molar-refractivity contribution in [2.24, 2.45) is 0 Å². The number of ether oxygens (including phenoxy) is 6. The summed E-state index contributed by atoms with van der Waals surface area (Å²) in [7, 11) is 7.74. The van der Waals surface area contributed by atoms with Crippen LogP contribution >= 0.6 is 0 Å². The highest BCUT2D eigenvalue weighted by atomic mass is 16.5. The number of nitrogens with one attached hydrogen (secondary N) is 3. The van der Waals surface area contributed by atoms with Crippen LogP contribution in [0, 0.1) is 0 Å². The fourth-order valence-corrected chi connectivity index (χ4v) is 5.66. The Morgan fingerprint density at radius 3 is 1.65 bits per heavy atom. The Balaban J connectivity index is 0.000000248. The molecule has 4 aromatic rings. The Kier molecular flexibility index (Phi) is 14.0. The van der Waals surface area contributed by atoms with Gasteiger partial charge in [0, 0.05) is 31.7 Å². The predicted molar refractivity (Wildman–Crippen MR) is 191 cm³/mol. The molecule has 6 rings (SSSR count). The summed E-state index contributed by atoms with van der Waals surface area (Å²) in [5.41, 5.74) is 2.32. The third-order valence-corrected chi connectivity index (χ3v) is 8.38. The molecule has 0 unspecified atom stereocenters. The summed E-state index contributed by atoms with van der Waals surface area (Å²) in [5, 5.41) is 9.96. The van der Waals surface area contributed by atoms with E-state index >= 15 is 0 Å². The van der Waals surface area contributed by atoms with E-state index in [2.05, 4.69) is 75.0 Å². The lowest BCUT2D eigenvalue weighted by Crippen LogP contribution is -2.39. The molecule has 2 fully saturated rings. The van der Waals surface area contributed by atoms with Crippen molar-refractivity contribution in [2.75, 3.05) is 72.4 Å². The fourth-order valence-electron chi connectivity index (χ4n) is 5.66. The highest BCUT2D eigenvalue weighted by Crippen LogP contribution is 2.30. The first-order chi connectivity index (χ1) is 25.0. The maximum Gasteiger partial charge on any atom is 0.324 e. The molecule has 2 aliphatic heterocycles. The highest BCUT2D eigenvalue weighted by Gasteiger charge is 2.21. The summed E-state index contributed by atoms with van der Waals surface area (Å²) < 4.78 is 31.8. The largest absolute Gasteiger partial charge is 0.493 e. The third kappa shape index (κ3) is 11.4. The Morgan fingerprint density at radius 2 is 1.14 bits per heavy atom. The molecular weight excluding hydrogens is 656 g/mol. The zero-order valence-electron chi connectivity index (χ0n) is 29.9. The number of rotatable bonds is 14. The zero-order valence-corrected chi connectivity index (χ0v) is 29.9. The van der Waals surface area contributed by atoms with Gasteiger partial charge in [0.25, 0.3) is 0 Å². The third-order valence-electron chi connectivity index (χ3n) is 8.38. The molecule has 4 heterocycles. The van der Waals surface area contributed by atoms with Gasteiger partial charge in [-0.15, -0.1) is 9.97 Å². The number of aromatic nitrogens is 6. The first kappa shape index (κ1) is 37.0. The van der Waals surface area contributed by atoms with E-state index in [-0.39, 0.29) is 30.1 Å². The van der Waals surface area contributed by atoms with Gasteiger partial charge in [0.1, 0.15) is 6.61 Å². The number of methoxy groups -OCH3 is 5. The second-order valence-corrected chi connectivity index (χ2v) is 11.9. The molecule has 16 nitrogen and oxygen atoms in total. The lowest BCUT2D eigenvalue weighted by atomic mass is 10.0. The van der Waals surface area contributed by atoms with Crippen LogP contribution in [0.4, 0.5) is 11.9 Å². The van der Waals surface area contributed by atoms with E-state index in [0.29, 0.717) is 24.5 Å². The SMILES string of the molecule is COc1nc(NC2CCN(Cc3ccc(OC)c(OCc4ccccc4)c3)CC2)nc(OC)n1.COc1nc(NC2CCNCC2)nc(OC)n1. The first-order valence-corrected chi connectivity index (χ1v) is 17.0. The molecule has 0 amide bonds. The van der Waals surface area contributed by atoms with Gasteiger partial charge in [-0.2, -0.15) is 19.9 Å². The Bertz CT molecular complexity index is 1590. The van der Waals surface area contributed by atoms with Crippen molar-refractivity contribution < 1.29 is 28.4 Å². The lowest BCUT2D eigenvalue weighted by Gasteiger charge is -2.32. The Hall–Kier alpha value is -5.22. The van der Waals surface area contributed by atoms with Crippen LogP contribution < -0.4 is 44.4 Å². The second-order valence-electron chi connectivity index (χ2n) is 11.9. The number of benzene rings is 2. The van der Waals surface area contributed by atoms with E-state index in [1.165, 1.54) is 34.0 Å².